The van der Waals surface area contributed by atoms with Gasteiger partial charge in [0.05, 0.1) is 19.1 Å². The highest BCUT2D eigenvalue weighted by atomic mass is 31.2. The van der Waals surface area contributed by atoms with Gasteiger partial charge in [-0.1, -0.05) is 12.1 Å². The summed E-state index contributed by atoms with van der Waals surface area (Å²) in [5, 5.41) is 8.30. The van der Waals surface area contributed by atoms with E-state index in [1.54, 1.807) is 24.3 Å². The molecule has 0 aliphatic carbocycles. The maximum absolute atomic E-state index is 11.8. The SMILES string of the molecule is N#CCCOP1(=O)Oc2ccccc2O1. The van der Waals surface area contributed by atoms with Crippen molar-refractivity contribution in [3.63, 3.8) is 0 Å². The van der Waals surface area contributed by atoms with Crippen molar-refractivity contribution in [1.82, 2.24) is 0 Å². The van der Waals surface area contributed by atoms with Crippen LogP contribution in [0.5, 0.6) is 11.5 Å². The van der Waals surface area contributed by atoms with Crippen molar-refractivity contribution in [1.29, 1.82) is 5.26 Å². The molecule has 0 saturated carbocycles. The lowest BCUT2D eigenvalue weighted by atomic mass is 10.3. The van der Waals surface area contributed by atoms with E-state index < -0.39 is 7.82 Å². The number of nitriles is 1. The van der Waals surface area contributed by atoms with Gasteiger partial charge in [-0.15, -0.1) is 0 Å². The van der Waals surface area contributed by atoms with E-state index in [-0.39, 0.29) is 13.0 Å². The third-order valence-electron chi connectivity index (χ3n) is 1.73. The lowest BCUT2D eigenvalue weighted by Crippen LogP contribution is -1.98. The van der Waals surface area contributed by atoms with E-state index in [0.717, 1.165) is 0 Å². The highest BCUT2D eigenvalue weighted by Gasteiger charge is 2.38. The molecule has 0 N–H and O–H groups in total. The van der Waals surface area contributed by atoms with Crippen LogP contribution in [0, 0.1) is 11.3 Å². The summed E-state index contributed by atoms with van der Waals surface area (Å²) in [7, 11) is -3.53. The highest BCUT2D eigenvalue weighted by Crippen LogP contribution is 2.58. The Morgan fingerprint density at radius 2 is 1.93 bits per heavy atom. The maximum Gasteiger partial charge on any atom is 0.587 e. The number of phosphoric acid groups is 1. The first-order valence-electron chi connectivity index (χ1n) is 4.33. The van der Waals surface area contributed by atoms with Crippen LogP contribution < -0.4 is 9.05 Å². The third-order valence-corrected chi connectivity index (χ3v) is 3.07. The van der Waals surface area contributed by atoms with Crippen LogP contribution in [0.1, 0.15) is 6.42 Å². The van der Waals surface area contributed by atoms with Crippen molar-refractivity contribution in [2.24, 2.45) is 0 Å². The Bertz CT molecular complexity index is 425. The topological polar surface area (TPSA) is 68.5 Å². The van der Waals surface area contributed by atoms with Crippen LogP contribution in [0.2, 0.25) is 0 Å². The van der Waals surface area contributed by atoms with Gasteiger partial charge in [0.15, 0.2) is 11.5 Å². The van der Waals surface area contributed by atoms with Crippen LogP contribution in [0.4, 0.5) is 0 Å². The Labute approximate surface area is 86.8 Å². The van der Waals surface area contributed by atoms with Gasteiger partial charge in [0, 0.05) is 0 Å². The number of benzene rings is 1. The van der Waals surface area contributed by atoms with Crippen LogP contribution in [-0.2, 0) is 9.09 Å². The second-order valence-electron chi connectivity index (χ2n) is 2.82. The maximum atomic E-state index is 11.8. The van der Waals surface area contributed by atoms with E-state index in [1.165, 1.54) is 0 Å². The van der Waals surface area contributed by atoms with Crippen molar-refractivity contribution in [2.45, 2.75) is 6.42 Å². The number of para-hydroxylation sites is 2. The van der Waals surface area contributed by atoms with E-state index in [1.807, 2.05) is 6.07 Å². The van der Waals surface area contributed by atoms with Crippen LogP contribution in [0.3, 0.4) is 0 Å². The predicted molar refractivity (Wildman–Crippen MR) is 51.5 cm³/mol. The minimum absolute atomic E-state index is 0.0295. The number of rotatable bonds is 3. The Hall–Kier alpha value is -1.50. The standard InChI is InChI=1S/C9H8NO4P/c10-6-3-7-12-15(11)13-8-4-1-2-5-9(8)14-15/h1-2,4-5H,3,7H2. The molecule has 0 unspecified atom stereocenters. The molecule has 78 valence electrons. The smallest absolute Gasteiger partial charge is 0.391 e. The average molecular weight is 225 g/mol. The summed E-state index contributed by atoms with van der Waals surface area (Å²) in [5.74, 6) is 0.801. The van der Waals surface area contributed by atoms with Crippen LogP contribution in [0.15, 0.2) is 24.3 Å². The van der Waals surface area contributed by atoms with Gasteiger partial charge in [-0.25, -0.2) is 4.57 Å². The first-order valence-corrected chi connectivity index (χ1v) is 5.79. The predicted octanol–water partition coefficient (Wildman–Crippen LogP) is 2.50. The molecule has 0 saturated heterocycles. The molecular formula is C9H8NO4P. The van der Waals surface area contributed by atoms with Crippen molar-refractivity contribution in [3.8, 4) is 17.6 Å². The summed E-state index contributed by atoms with van der Waals surface area (Å²) in [6, 6.07) is 8.64. The number of phosphoric ester groups is 1. The highest BCUT2D eigenvalue weighted by molar-refractivity contribution is 7.49. The largest absolute Gasteiger partial charge is 0.587 e. The van der Waals surface area contributed by atoms with Crippen molar-refractivity contribution < 1.29 is 18.1 Å². The molecule has 0 spiro atoms. The zero-order valence-electron chi connectivity index (χ0n) is 7.75. The first-order chi connectivity index (χ1) is 7.23. The van der Waals surface area contributed by atoms with E-state index >= 15 is 0 Å². The molecule has 1 aromatic rings. The lowest BCUT2D eigenvalue weighted by molar-refractivity contribution is 0.233. The molecule has 0 atom stereocenters. The van der Waals surface area contributed by atoms with Gasteiger partial charge in [0.2, 0.25) is 0 Å². The molecule has 0 radical (unpaired) electrons. The Balaban J connectivity index is 2.05. The zero-order chi connectivity index (χ0) is 10.7. The van der Waals surface area contributed by atoms with Crippen LogP contribution in [-0.4, -0.2) is 6.61 Å². The molecule has 6 heteroatoms. The molecule has 1 aliphatic rings. The van der Waals surface area contributed by atoms with Crippen molar-refractivity contribution >= 4 is 7.82 Å². The minimum Gasteiger partial charge on any atom is -0.391 e. The molecule has 1 aliphatic heterocycles. The summed E-state index contributed by atoms with van der Waals surface area (Å²) in [4.78, 5) is 0. The molecule has 0 amide bonds. The Morgan fingerprint density at radius 3 is 2.47 bits per heavy atom. The molecule has 2 rings (SSSR count). The van der Waals surface area contributed by atoms with E-state index in [0.29, 0.717) is 11.5 Å². The van der Waals surface area contributed by atoms with E-state index in [9.17, 15) is 4.57 Å². The molecule has 1 aromatic carbocycles. The zero-order valence-corrected chi connectivity index (χ0v) is 8.65. The third kappa shape index (κ3) is 2.12. The molecule has 15 heavy (non-hydrogen) atoms. The van der Waals surface area contributed by atoms with Crippen molar-refractivity contribution in [2.75, 3.05) is 6.61 Å². The second kappa shape index (κ2) is 3.93. The minimum atomic E-state index is -3.53. The van der Waals surface area contributed by atoms with Gasteiger partial charge in [-0.05, 0) is 12.1 Å². The van der Waals surface area contributed by atoms with Gasteiger partial charge >= 0.3 is 7.82 Å². The van der Waals surface area contributed by atoms with Gasteiger partial charge in [-0.2, -0.15) is 5.26 Å². The lowest BCUT2D eigenvalue weighted by Gasteiger charge is -2.07. The van der Waals surface area contributed by atoms with E-state index in [2.05, 4.69) is 0 Å². The van der Waals surface area contributed by atoms with Crippen molar-refractivity contribution in [3.05, 3.63) is 24.3 Å². The quantitative estimate of drug-likeness (QED) is 0.583. The second-order valence-corrected chi connectivity index (χ2v) is 4.34. The molecular weight excluding hydrogens is 217 g/mol. The summed E-state index contributed by atoms with van der Waals surface area (Å²) >= 11 is 0. The summed E-state index contributed by atoms with van der Waals surface area (Å²) < 4.78 is 26.8. The molecule has 1 heterocycles. The fourth-order valence-corrected chi connectivity index (χ4v) is 2.36. The molecule has 5 nitrogen and oxygen atoms in total. The van der Waals surface area contributed by atoms with Gasteiger partial charge < -0.3 is 9.05 Å². The fraction of sp³-hybridized carbons (Fsp3) is 0.222. The molecule has 0 bridgehead atoms. The van der Waals surface area contributed by atoms with Crippen LogP contribution >= 0.6 is 7.82 Å². The monoisotopic (exact) mass is 225 g/mol. The summed E-state index contributed by atoms with van der Waals surface area (Å²) in [6.07, 6.45) is 0.146. The summed E-state index contributed by atoms with van der Waals surface area (Å²) in [5.41, 5.74) is 0. The van der Waals surface area contributed by atoms with Gasteiger partial charge in [0.25, 0.3) is 0 Å². The normalized spacial score (nSPS) is 15.9. The average Bonchev–Trinajstić information content (AvgIpc) is 2.54. The Morgan fingerprint density at radius 1 is 1.33 bits per heavy atom. The van der Waals surface area contributed by atoms with Gasteiger partial charge in [-0.3, -0.25) is 4.52 Å². The number of hydrogen-bond donors (Lipinski definition) is 0. The van der Waals surface area contributed by atoms with Gasteiger partial charge in [0.1, 0.15) is 0 Å². The Kier molecular flexibility index (Phi) is 2.63. The number of nitrogens with zero attached hydrogens (tertiary/aromatic N) is 1. The number of fused-ring (bicyclic) bond motifs is 1. The first kappa shape index (κ1) is 10.0. The molecule has 0 aromatic heterocycles. The van der Waals surface area contributed by atoms with E-state index in [4.69, 9.17) is 18.8 Å². The summed E-state index contributed by atoms with van der Waals surface area (Å²) in [6.45, 7) is 0.0295. The molecule has 0 fully saturated rings. The van der Waals surface area contributed by atoms with Crippen LogP contribution in [0.25, 0.3) is 0 Å². The fourth-order valence-electron chi connectivity index (χ4n) is 1.12. The number of hydrogen-bond acceptors (Lipinski definition) is 5.